The Morgan fingerprint density at radius 1 is 1.24 bits per heavy atom. The molecule has 34 heavy (non-hydrogen) atoms. The maximum atomic E-state index is 13.7. The van der Waals surface area contributed by atoms with Crippen LogP contribution in [0.25, 0.3) is 5.76 Å². The van der Waals surface area contributed by atoms with Crippen molar-refractivity contribution in [3.05, 3.63) is 40.2 Å². The third-order valence-corrected chi connectivity index (χ3v) is 7.02. The zero-order chi connectivity index (χ0) is 25.3. The fourth-order valence-electron chi connectivity index (χ4n) is 5.55. The van der Waals surface area contributed by atoms with Gasteiger partial charge in [-0.15, -0.1) is 0 Å². The first-order chi connectivity index (χ1) is 15.8. The number of phenols is 1. The van der Waals surface area contributed by atoms with E-state index in [-0.39, 0.29) is 29.7 Å². The smallest absolute Gasteiger partial charge is 0.255 e. The molecule has 180 valence electrons. The molecule has 1 aromatic rings. The fourth-order valence-corrected chi connectivity index (χ4v) is 5.66. The average molecular weight is 488 g/mol. The number of phenolic OH excluding ortho intramolecular Hbond substituents is 1. The lowest BCUT2D eigenvalue weighted by atomic mass is 9.57. The summed E-state index contributed by atoms with van der Waals surface area (Å²) in [6.45, 7) is 1.67. The number of aromatic hydroxyl groups is 1. The molecule has 7 N–H and O–H groups in total. The van der Waals surface area contributed by atoms with Crippen LogP contribution < -0.4 is 11.1 Å². The average Bonchev–Trinajstić information content (AvgIpc) is 2.72. The zero-order valence-corrected chi connectivity index (χ0v) is 19.6. The molecule has 0 saturated heterocycles. The number of carbonyl (C=O) groups is 3. The van der Waals surface area contributed by atoms with Crippen molar-refractivity contribution in [3.63, 3.8) is 0 Å². The minimum Gasteiger partial charge on any atom is -0.508 e. The largest absolute Gasteiger partial charge is 0.508 e. The molecule has 0 aromatic heterocycles. The van der Waals surface area contributed by atoms with Crippen LogP contribution in [-0.4, -0.2) is 73.5 Å². The summed E-state index contributed by atoms with van der Waals surface area (Å²) in [4.78, 5) is 40.7. The second-order valence-corrected chi connectivity index (χ2v) is 9.74. The van der Waals surface area contributed by atoms with E-state index in [9.17, 15) is 34.8 Å². The maximum absolute atomic E-state index is 13.7. The van der Waals surface area contributed by atoms with Gasteiger partial charge in [-0.25, -0.2) is 0 Å². The van der Waals surface area contributed by atoms with Crippen molar-refractivity contribution in [2.45, 2.75) is 31.4 Å². The molecule has 0 heterocycles. The number of likely N-dealkylation sites (N-methyl/N-ethyl adjacent to an activating group) is 1. The van der Waals surface area contributed by atoms with E-state index in [0.29, 0.717) is 16.2 Å². The topological polar surface area (TPSA) is 173 Å². The summed E-state index contributed by atoms with van der Waals surface area (Å²) in [6, 6.07) is 1.82. The van der Waals surface area contributed by atoms with Crippen LogP contribution in [0.5, 0.6) is 5.75 Å². The van der Waals surface area contributed by atoms with Gasteiger partial charge < -0.3 is 31.5 Å². The highest BCUT2D eigenvalue weighted by molar-refractivity contribution is 7.80. The third-order valence-electron chi connectivity index (χ3n) is 6.91. The van der Waals surface area contributed by atoms with Crippen LogP contribution in [0.2, 0.25) is 0 Å². The van der Waals surface area contributed by atoms with E-state index in [0.717, 1.165) is 0 Å². The van der Waals surface area contributed by atoms with E-state index in [1.165, 1.54) is 11.0 Å². The summed E-state index contributed by atoms with van der Waals surface area (Å²) >= 11 is 5.12. The molecule has 3 aliphatic carbocycles. The molecule has 0 radical (unpaired) electrons. The van der Waals surface area contributed by atoms with E-state index in [4.69, 9.17) is 18.0 Å². The van der Waals surface area contributed by atoms with Gasteiger partial charge in [0, 0.05) is 17.2 Å². The molecule has 2 unspecified atom stereocenters. The first-order valence-corrected chi connectivity index (χ1v) is 11.0. The monoisotopic (exact) mass is 487 g/mol. The predicted octanol–water partition coefficient (Wildman–Crippen LogP) is 0.723. The molecule has 1 fully saturated rings. The lowest BCUT2D eigenvalue weighted by molar-refractivity contribution is -0.153. The molecule has 1 amide bonds. The van der Waals surface area contributed by atoms with Crippen LogP contribution in [0.15, 0.2) is 29.0 Å². The number of carbonyl (C=O) groups excluding carboxylic acids is 3. The Bertz CT molecular complexity index is 1240. The molecule has 10 nitrogen and oxygen atoms in total. The van der Waals surface area contributed by atoms with Crippen molar-refractivity contribution >= 4 is 46.1 Å². The van der Waals surface area contributed by atoms with E-state index >= 15 is 0 Å². The van der Waals surface area contributed by atoms with Crippen LogP contribution in [0, 0.1) is 11.8 Å². The number of aliphatic hydroxyl groups excluding tert-OH is 2. The Morgan fingerprint density at radius 3 is 2.44 bits per heavy atom. The van der Waals surface area contributed by atoms with E-state index in [2.05, 4.69) is 5.32 Å². The summed E-state index contributed by atoms with van der Waals surface area (Å²) in [5.74, 6) is -6.80. The van der Waals surface area contributed by atoms with Gasteiger partial charge in [-0.05, 0) is 57.5 Å². The Labute approximate surface area is 200 Å². The highest BCUT2D eigenvalue weighted by Crippen LogP contribution is 2.53. The van der Waals surface area contributed by atoms with Gasteiger partial charge in [0.25, 0.3) is 5.91 Å². The van der Waals surface area contributed by atoms with Crippen LogP contribution in [-0.2, 0) is 20.8 Å². The summed E-state index contributed by atoms with van der Waals surface area (Å²) in [7, 11) is 3.10. The quantitative estimate of drug-likeness (QED) is 0.203. The number of aliphatic hydroxyl groups is 3. The first kappa shape index (κ1) is 23.9. The third kappa shape index (κ3) is 3.15. The molecule has 3 aliphatic rings. The van der Waals surface area contributed by atoms with Gasteiger partial charge in [0.1, 0.15) is 22.8 Å². The van der Waals surface area contributed by atoms with Crippen molar-refractivity contribution in [1.29, 1.82) is 0 Å². The number of ketones is 2. The lowest BCUT2D eigenvalue weighted by Crippen LogP contribution is -2.65. The zero-order valence-electron chi connectivity index (χ0n) is 18.7. The number of amides is 1. The number of anilines is 1. The molecule has 4 rings (SSSR count). The van der Waals surface area contributed by atoms with Crippen molar-refractivity contribution in [1.82, 2.24) is 4.90 Å². The van der Waals surface area contributed by atoms with E-state index in [1.54, 1.807) is 27.1 Å². The molecule has 1 aromatic carbocycles. The molecule has 0 spiro atoms. The van der Waals surface area contributed by atoms with Crippen LogP contribution in [0.4, 0.5) is 5.69 Å². The summed E-state index contributed by atoms with van der Waals surface area (Å²) in [6.07, 6.45) is 0.214. The molecule has 11 heteroatoms. The minimum atomic E-state index is -2.65. The Kier molecular flexibility index (Phi) is 5.54. The number of Topliss-reactive ketones (excluding diaryl/α,β-unsaturated/α-hetero) is 2. The Hall–Kier alpha value is -3.28. The van der Waals surface area contributed by atoms with Crippen LogP contribution in [0.3, 0.4) is 0 Å². The Balaban J connectivity index is 1.97. The second kappa shape index (κ2) is 7.90. The highest BCUT2D eigenvalue weighted by atomic mass is 32.1. The standard InChI is InChI=1S/C23H25N3O7S/c1-8(34)25-12-4-5-13(27)15-10(12)6-9-7-11-17(26(2)3)19(29)16(22(24)32)21(31)23(11,33)20(30)14(9)18(15)28/h4-5,9,11,17,27-28,31,33H,6-7H2,1-3H3,(H2,24,32)(H,25,34)/t9?,11?,17-,23-/m0/s1. The van der Waals surface area contributed by atoms with Gasteiger partial charge in [0.05, 0.1) is 16.6 Å². The number of thiocarbonyl (C=S) groups is 1. The summed E-state index contributed by atoms with van der Waals surface area (Å²) in [5, 5.41) is 46.9. The molecule has 1 saturated carbocycles. The molecular formula is C23H25N3O7S. The minimum absolute atomic E-state index is 0.0116. The molecular weight excluding hydrogens is 462 g/mol. The Morgan fingerprint density at radius 2 is 1.88 bits per heavy atom. The summed E-state index contributed by atoms with van der Waals surface area (Å²) in [5.41, 5.74) is 2.69. The molecule has 0 bridgehead atoms. The van der Waals surface area contributed by atoms with Crippen LogP contribution >= 0.6 is 12.2 Å². The van der Waals surface area contributed by atoms with E-state index in [1.807, 2.05) is 0 Å². The number of benzene rings is 1. The lowest BCUT2D eigenvalue weighted by Gasteiger charge is -2.50. The number of rotatable bonds is 3. The number of hydrogen-bond donors (Lipinski definition) is 6. The second-order valence-electron chi connectivity index (χ2n) is 9.13. The van der Waals surface area contributed by atoms with E-state index < -0.39 is 58.0 Å². The van der Waals surface area contributed by atoms with Crippen molar-refractivity contribution in [2.24, 2.45) is 17.6 Å². The van der Waals surface area contributed by atoms with Gasteiger partial charge in [0.15, 0.2) is 11.4 Å². The highest BCUT2D eigenvalue weighted by Gasteiger charge is 2.64. The van der Waals surface area contributed by atoms with Gasteiger partial charge in [-0.3, -0.25) is 19.3 Å². The predicted molar refractivity (Wildman–Crippen MR) is 126 cm³/mol. The molecule has 0 aliphatic heterocycles. The van der Waals surface area contributed by atoms with Crippen molar-refractivity contribution < 1.29 is 34.8 Å². The van der Waals surface area contributed by atoms with Gasteiger partial charge in [-0.1, -0.05) is 12.2 Å². The fraction of sp³-hybridized carbons (Fsp3) is 0.391. The SMILES string of the molecule is CC(=S)Nc1ccc(O)c2c1CC1CC3[C@H](N(C)C)C(=O)C(C(N)=O)=C(O)[C@@]3(O)C(=O)C1=C2O. The van der Waals surface area contributed by atoms with Crippen LogP contribution in [0.1, 0.15) is 24.5 Å². The molecule has 4 atom stereocenters. The normalized spacial score (nSPS) is 28.4. The first-order valence-electron chi connectivity index (χ1n) is 10.6. The summed E-state index contributed by atoms with van der Waals surface area (Å²) < 4.78 is 0. The number of primary amides is 1. The van der Waals surface area contributed by atoms with Crippen molar-refractivity contribution in [2.75, 3.05) is 19.4 Å². The van der Waals surface area contributed by atoms with Crippen molar-refractivity contribution in [3.8, 4) is 5.75 Å². The van der Waals surface area contributed by atoms with Gasteiger partial charge in [-0.2, -0.15) is 0 Å². The number of nitrogens with zero attached hydrogens (tertiary/aromatic N) is 1. The maximum Gasteiger partial charge on any atom is 0.255 e. The number of hydrogen-bond acceptors (Lipinski definition) is 9. The van der Waals surface area contributed by atoms with Gasteiger partial charge >= 0.3 is 0 Å². The number of nitrogens with two attached hydrogens (primary N) is 1. The number of nitrogens with one attached hydrogen (secondary N) is 1. The van der Waals surface area contributed by atoms with Gasteiger partial charge in [0.2, 0.25) is 5.78 Å². The number of fused-ring (bicyclic) bond motifs is 3.